The number of hydrogen-bond acceptors (Lipinski definition) is 2. The maximum Gasteiger partial charge on any atom is 0.125 e. The van der Waals surface area contributed by atoms with Gasteiger partial charge in [-0.1, -0.05) is 0 Å². The molecule has 4 heteroatoms. The number of rotatable bonds is 4. The molecule has 3 nitrogen and oxygen atoms in total. The van der Waals surface area contributed by atoms with Crippen LogP contribution in [0.1, 0.15) is 38.6 Å². The van der Waals surface area contributed by atoms with Crippen molar-refractivity contribution in [2.75, 3.05) is 0 Å². The summed E-state index contributed by atoms with van der Waals surface area (Å²) in [6.45, 7) is 4.97. The Morgan fingerprint density at radius 2 is 2.22 bits per heavy atom. The Morgan fingerprint density at radius 3 is 2.89 bits per heavy atom. The Hall–Kier alpha value is -1.42. The summed E-state index contributed by atoms with van der Waals surface area (Å²) >= 11 is 0. The molecule has 0 aliphatic heterocycles. The minimum Gasteiger partial charge on any atom is -0.324 e. The predicted molar refractivity (Wildman–Crippen MR) is 69.9 cm³/mol. The van der Waals surface area contributed by atoms with Crippen molar-refractivity contribution in [1.82, 2.24) is 14.9 Å². The number of hydrogen-bond donors (Lipinski definition) is 1. The fraction of sp³-hybridized carbons (Fsp3) is 0.500. The molecule has 1 aromatic carbocycles. The van der Waals surface area contributed by atoms with Gasteiger partial charge in [0.05, 0.1) is 17.6 Å². The normalized spacial score (nSPS) is 15.8. The van der Waals surface area contributed by atoms with E-state index in [1.54, 1.807) is 12.1 Å². The van der Waals surface area contributed by atoms with Crippen LogP contribution in [0.4, 0.5) is 4.39 Å². The third-order valence-corrected chi connectivity index (χ3v) is 3.37. The lowest BCUT2D eigenvalue weighted by Gasteiger charge is -2.13. The monoisotopic (exact) mass is 247 g/mol. The molecule has 0 amide bonds. The average molecular weight is 247 g/mol. The van der Waals surface area contributed by atoms with E-state index in [0.717, 1.165) is 23.4 Å². The van der Waals surface area contributed by atoms with Crippen LogP contribution in [0.2, 0.25) is 0 Å². The standard InChI is InChI=1S/C14H18FN3/c1-9(2)18-13-7-10(15)3-6-12(13)17-14(18)8-16-11-4-5-11/h3,6-7,9,11,16H,4-5,8H2,1-2H3. The third kappa shape index (κ3) is 2.12. The summed E-state index contributed by atoms with van der Waals surface area (Å²) in [5.41, 5.74) is 1.76. The Labute approximate surface area is 106 Å². The van der Waals surface area contributed by atoms with Crippen LogP contribution in [0.3, 0.4) is 0 Å². The summed E-state index contributed by atoms with van der Waals surface area (Å²) in [6.07, 6.45) is 2.52. The van der Waals surface area contributed by atoms with Gasteiger partial charge in [0.1, 0.15) is 11.6 Å². The average Bonchev–Trinajstić information content (AvgIpc) is 3.07. The maximum atomic E-state index is 13.4. The molecule has 1 aromatic heterocycles. The first kappa shape index (κ1) is 11.7. The van der Waals surface area contributed by atoms with Crippen LogP contribution in [0.15, 0.2) is 18.2 Å². The molecule has 1 aliphatic carbocycles. The highest BCUT2D eigenvalue weighted by atomic mass is 19.1. The molecule has 0 spiro atoms. The van der Waals surface area contributed by atoms with Crippen molar-refractivity contribution in [3.05, 3.63) is 29.8 Å². The van der Waals surface area contributed by atoms with Gasteiger partial charge in [0, 0.05) is 12.1 Å². The lowest BCUT2D eigenvalue weighted by Crippen LogP contribution is -2.19. The molecule has 1 aliphatic rings. The van der Waals surface area contributed by atoms with E-state index in [2.05, 4.69) is 28.7 Å². The summed E-state index contributed by atoms with van der Waals surface area (Å²) in [7, 11) is 0. The molecule has 0 unspecified atom stereocenters. The van der Waals surface area contributed by atoms with Gasteiger partial charge in [-0.2, -0.15) is 0 Å². The molecule has 1 saturated carbocycles. The molecule has 0 saturated heterocycles. The number of aromatic nitrogens is 2. The number of imidazole rings is 1. The van der Waals surface area contributed by atoms with Gasteiger partial charge in [-0.25, -0.2) is 9.37 Å². The summed E-state index contributed by atoms with van der Waals surface area (Å²) < 4.78 is 15.5. The number of nitrogens with one attached hydrogen (secondary N) is 1. The van der Waals surface area contributed by atoms with Gasteiger partial charge < -0.3 is 9.88 Å². The van der Waals surface area contributed by atoms with Crippen LogP contribution >= 0.6 is 0 Å². The van der Waals surface area contributed by atoms with E-state index in [1.165, 1.54) is 18.9 Å². The Bertz CT molecular complexity index is 570. The van der Waals surface area contributed by atoms with Crippen LogP contribution in [-0.2, 0) is 6.54 Å². The van der Waals surface area contributed by atoms with E-state index in [-0.39, 0.29) is 11.9 Å². The summed E-state index contributed by atoms with van der Waals surface area (Å²) in [4.78, 5) is 4.61. The number of nitrogens with zero attached hydrogens (tertiary/aromatic N) is 2. The molecular formula is C14H18FN3. The van der Waals surface area contributed by atoms with E-state index in [0.29, 0.717) is 6.04 Å². The van der Waals surface area contributed by atoms with Crippen molar-refractivity contribution in [1.29, 1.82) is 0 Å². The quantitative estimate of drug-likeness (QED) is 0.900. The second-order valence-electron chi connectivity index (χ2n) is 5.28. The van der Waals surface area contributed by atoms with Crippen LogP contribution in [0.5, 0.6) is 0 Å². The summed E-state index contributed by atoms with van der Waals surface area (Å²) in [5, 5.41) is 3.47. The number of benzene rings is 1. The molecule has 1 fully saturated rings. The van der Waals surface area contributed by atoms with E-state index in [4.69, 9.17) is 0 Å². The minimum atomic E-state index is -0.203. The zero-order chi connectivity index (χ0) is 12.7. The second kappa shape index (κ2) is 4.35. The molecule has 0 radical (unpaired) electrons. The van der Waals surface area contributed by atoms with Gasteiger partial charge in [0.2, 0.25) is 0 Å². The van der Waals surface area contributed by atoms with Crippen molar-refractivity contribution in [3.8, 4) is 0 Å². The first-order valence-corrected chi connectivity index (χ1v) is 6.55. The van der Waals surface area contributed by atoms with Crippen LogP contribution in [0.25, 0.3) is 11.0 Å². The number of fused-ring (bicyclic) bond motifs is 1. The van der Waals surface area contributed by atoms with Crippen molar-refractivity contribution in [2.45, 2.75) is 45.3 Å². The topological polar surface area (TPSA) is 29.9 Å². The lowest BCUT2D eigenvalue weighted by atomic mass is 10.3. The summed E-state index contributed by atoms with van der Waals surface area (Å²) in [6, 6.07) is 5.74. The summed E-state index contributed by atoms with van der Waals surface area (Å²) in [5.74, 6) is 0.795. The van der Waals surface area contributed by atoms with Crippen LogP contribution in [-0.4, -0.2) is 15.6 Å². The van der Waals surface area contributed by atoms with Crippen LogP contribution in [0, 0.1) is 5.82 Å². The Morgan fingerprint density at radius 1 is 1.44 bits per heavy atom. The molecule has 18 heavy (non-hydrogen) atoms. The van der Waals surface area contributed by atoms with Crippen molar-refractivity contribution in [3.63, 3.8) is 0 Å². The lowest BCUT2D eigenvalue weighted by molar-refractivity contribution is 0.551. The zero-order valence-electron chi connectivity index (χ0n) is 10.8. The highest BCUT2D eigenvalue weighted by molar-refractivity contribution is 5.76. The molecule has 96 valence electrons. The minimum absolute atomic E-state index is 0.203. The van der Waals surface area contributed by atoms with Gasteiger partial charge in [0.25, 0.3) is 0 Å². The Balaban J connectivity index is 2.02. The SMILES string of the molecule is CC(C)n1c(CNC2CC2)nc2ccc(F)cc21. The van der Waals surface area contributed by atoms with E-state index >= 15 is 0 Å². The zero-order valence-corrected chi connectivity index (χ0v) is 10.8. The highest BCUT2D eigenvalue weighted by Crippen LogP contribution is 2.24. The Kier molecular flexibility index (Phi) is 2.82. The van der Waals surface area contributed by atoms with Gasteiger partial charge in [-0.05, 0) is 44.9 Å². The van der Waals surface area contributed by atoms with Gasteiger partial charge in [-0.15, -0.1) is 0 Å². The first-order valence-electron chi connectivity index (χ1n) is 6.55. The largest absolute Gasteiger partial charge is 0.324 e. The number of halogens is 1. The predicted octanol–water partition coefficient (Wildman–Crippen LogP) is 3.01. The van der Waals surface area contributed by atoms with E-state index in [9.17, 15) is 4.39 Å². The highest BCUT2D eigenvalue weighted by Gasteiger charge is 2.22. The fourth-order valence-electron chi connectivity index (χ4n) is 2.34. The van der Waals surface area contributed by atoms with Crippen LogP contribution < -0.4 is 5.32 Å². The molecule has 1 N–H and O–H groups in total. The van der Waals surface area contributed by atoms with E-state index in [1.807, 2.05) is 0 Å². The molecule has 3 rings (SSSR count). The molecule has 1 heterocycles. The fourth-order valence-corrected chi connectivity index (χ4v) is 2.34. The van der Waals surface area contributed by atoms with Gasteiger partial charge in [0.15, 0.2) is 0 Å². The maximum absolute atomic E-state index is 13.4. The smallest absolute Gasteiger partial charge is 0.125 e. The molecule has 0 bridgehead atoms. The van der Waals surface area contributed by atoms with Crippen molar-refractivity contribution >= 4 is 11.0 Å². The van der Waals surface area contributed by atoms with E-state index < -0.39 is 0 Å². The molecular weight excluding hydrogens is 229 g/mol. The molecule has 2 aromatic rings. The van der Waals surface area contributed by atoms with Crippen molar-refractivity contribution in [2.24, 2.45) is 0 Å². The van der Waals surface area contributed by atoms with Gasteiger partial charge >= 0.3 is 0 Å². The first-order chi connectivity index (χ1) is 8.65. The van der Waals surface area contributed by atoms with Crippen molar-refractivity contribution < 1.29 is 4.39 Å². The molecule has 0 atom stereocenters. The third-order valence-electron chi connectivity index (χ3n) is 3.37. The van der Waals surface area contributed by atoms with Gasteiger partial charge in [-0.3, -0.25) is 0 Å². The second-order valence-corrected chi connectivity index (χ2v) is 5.28.